The smallest absolute Gasteiger partial charge is 0.223 e. The number of halogens is 2. The van der Waals surface area contributed by atoms with Gasteiger partial charge in [-0.05, 0) is 61.1 Å². The predicted octanol–water partition coefficient (Wildman–Crippen LogP) is 5.12. The van der Waals surface area contributed by atoms with Crippen LogP contribution in [0.3, 0.4) is 0 Å². The second-order valence-corrected chi connectivity index (χ2v) is 11.2. The first-order chi connectivity index (χ1) is 15.6. The highest BCUT2D eigenvalue weighted by molar-refractivity contribution is 7.88. The number of carbonyl (C=O) groups excluding carboxylic acids is 1. The molecule has 0 spiro atoms. The van der Waals surface area contributed by atoms with E-state index in [1.54, 1.807) is 25.3 Å². The van der Waals surface area contributed by atoms with Gasteiger partial charge < -0.3 is 10.1 Å². The molecule has 9 heteroatoms. The highest BCUT2D eigenvalue weighted by Gasteiger charge is 2.32. The van der Waals surface area contributed by atoms with Crippen molar-refractivity contribution >= 4 is 39.1 Å². The number of amides is 1. The van der Waals surface area contributed by atoms with Gasteiger partial charge in [-0.1, -0.05) is 48.3 Å². The lowest BCUT2D eigenvalue weighted by Crippen LogP contribution is -2.44. The average molecular weight is 513 g/mol. The molecule has 1 fully saturated rings. The van der Waals surface area contributed by atoms with Crippen LogP contribution in [0.25, 0.3) is 0 Å². The van der Waals surface area contributed by atoms with Gasteiger partial charge in [-0.2, -0.15) is 0 Å². The maximum Gasteiger partial charge on any atom is 0.223 e. The number of hydrogen-bond acceptors (Lipinski definition) is 4. The van der Waals surface area contributed by atoms with Gasteiger partial charge in [-0.3, -0.25) is 4.79 Å². The summed E-state index contributed by atoms with van der Waals surface area (Å²) in [7, 11) is -1.90. The largest absolute Gasteiger partial charge is 0.496 e. The first kappa shape index (κ1) is 25.8. The van der Waals surface area contributed by atoms with E-state index in [-0.39, 0.29) is 23.6 Å². The van der Waals surface area contributed by atoms with Gasteiger partial charge in [0.15, 0.2) is 0 Å². The third-order valence-electron chi connectivity index (χ3n) is 6.12. The Labute approximate surface area is 206 Å². The molecule has 1 heterocycles. The number of hydrogen-bond donors (Lipinski definition) is 1. The van der Waals surface area contributed by atoms with Crippen LogP contribution >= 0.6 is 23.2 Å². The molecule has 1 amide bonds. The van der Waals surface area contributed by atoms with E-state index in [4.69, 9.17) is 27.9 Å². The maximum atomic E-state index is 12.9. The van der Waals surface area contributed by atoms with Crippen molar-refractivity contribution in [3.05, 3.63) is 63.1 Å². The van der Waals surface area contributed by atoms with Crippen molar-refractivity contribution < 1.29 is 17.9 Å². The summed E-state index contributed by atoms with van der Waals surface area (Å²) in [5.74, 6) is 0.375. The molecule has 0 saturated carbocycles. The number of nitrogens with one attached hydrogen (secondary N) is 1. The second kappa shape index (κ2) is 11.1. The Bertz CT molecular complexity index is 1100. The molecule has 33 heavy (non-hydrogen) atoms. The van der Waals surface area contributed by atoms with E-state index in [0.717, 1.165) is 23.3 Å². The van der Waals surface area contributed by atoms with Crippen molar-refractivity contribution in [1.82, 2.24) is 9.62 Å². The van der Waals surface area contributed by atoms with Crippen LogP contribution in [0.5, 0.6) is 5.75 Å². The summed E-state index contributed by atoms with van der Waals surface area (Å²) in [5, 5.41) is 3.94. The van der Waals surface area contributed by atoms with Crippen LogP contribution < -0.4 is 10.1 Å². The first-order valence-electron chi connectivity index (χ1n) is 11.0. The topological polar surface area (TPSA) is 75.7 Å². The number of piperidine rings is 1. The van der Waals surface area contributed by atoms with Crippen LogP contribution in [-0.4, -0.2) is 38.8 Å². The number of rotatable bonds is 8. The monoisotopic (exact) mass is 512 g/mol. The average Bonchev–Trinajstić information content (AvgIpc) is 2.79. The molecule has 0 unspecified atom stereocenters. The molecule has 1 aliphatic rings. The van der Waals surface area contributed by atoms with Gasteiger partial charge in [0.2, 0.25) is 15.9 Å². The summed E-state index contributed by atoms with van der Waals surface area (Å²) < 4.78 is 32.5. The van der Waals surface area contributed by atoms with E-state index < -0.39 is 10.0 Å². The van der Waals surface area contributed by atoms with Crippen LogP contribution in [0.4, 0.5) is 0 Å². The van der Waals surface area contributed by atoms with Gasteiger partial charge in [0.25, 0.3) is 0 Å². The highest BCUT2D eigenvalue weighted by Crippen LogP contribution is 2.28. The minimum Gasteiger partial charge on any atom is -0.496 e. The number of nitrogens with zero attached hydrogens (tertiary/aromatic N) is 1. The zero-order chi connectivity index (χ0) is 24.2. The zero-order valence-corrected chi connectivity index (χ0v) is 21.4. The molecule has 0 radical (unpaired) electrons. The lowest BCUT2D eigenvalue weighted by atomic mass is 9.95. The van der Waals surface area contributed by atoms with Gasteiger partial charge >= 0.3 is 0 Å². The zero-order valence-electron chi connectivity index (χ0n) is 19.1. The van der Waals surface area contributed by atoms with E-state index in [0.29, 0.717) is 41.5 Å². The lowest BCUT2D eigenvalue weighted by Gasteiger charge is -2.31. The number of benzene rings is 2. The summed E-state index contributed by atoms with van der Waals surface area (Å²) in [5.41, 5.74) is 2.56. The number of carbonyl (C=O) groups is 1. The van der Waals surface area contributed by atoms with Crippen LogP contribution in [0, 0.1) is 12.8 Å². The quantitative estimate of drug-likeness (QED) is 0.532. The van der Waals surface area contributed by atoms with E-state index in [9.17, 15) is 13.2 Å². The number of sulfonamides is 1. The van der Waals surface area contributed by atoms with E-state index in [2.05, 4.69) is 5.32 Å². The van der Waals surface area contributed by atoms with Crippen LogP contribution in [-0.2, 0) is 20.6 Å². The van der Waals surface area contributed by atoms with Crippen molar-refractivity contribution in [1.29, 1.82) is 0 Å². The van der Waals surface area contributed by atoms with Crippen LogP contribution in [0.2, 0.25) is 10.0 Å². The normalized spacial score (nSPS) is 16.4. The third kappa shape index (κ3) is 6.41. The van der Waals surface area contributed by atoms with Crippen molar-refractivity contribution in [3.63, 3.8) is 0 Å². The summed E-state index contributed by atoms with van der Waals surface area (Å²) in [4.78, 5) is 12.9. The molecule has 2 aromatic carbocycles. The molecule has 2 aromatic rings. The van der Waals surface area contributed by atoms with Crippen molar-refractivity contribution in [2.45, 2.75) is 44.9 Å². The molecular formula is C24H30Cl2N2O4S. The molecule has 180 valence electrons. The number of aryl methyl sites for hydroxylation is 1. The minimum absolute atomic E-state index is 0.0342. The Morgan fingerprint density at radius 1 is 1.18 bits per heavy atom. The Morgan fingerprint density at radius 2 is 1.88 bits per heavy atom. The van der Waals surface area contributed by atoms with Gasteiger partial charge in [0.1, 0.15) is 5.75 Å². The molecule has 0 bridgehead atoms. The lowest BCUT2D eigenvalue weighted by molar-refractivity contribution is -0.126. The van der Waals surface area contributed by atoms with Crippen LogP contribution in [0.1, 0.15) is 48.9 Å². The van der Waals surface area contributed by atoms with E-state index in [1.165, 1.54) is 4.31 Å². The number of ether oxygens (including phenoxy) is 1. The van der Waals surface area contributed by atoms with Gasteiger partial charge in [-0.25, -0.2) is 12.7 Å². The molecule has 1 aliphatic heterocycles. The Balaban J connectivity index is 1.59. The maximum absolute atomic E-state index is 12.9. The van der Waals surface area contributed by atoms with Crippen molar-refractivity contribution in [3.8, 4) is 5.75 Å². The van der Waals surface area contributed by atoms with Crippen molar-refractivity contribution in [2.24, 2.45) is 5.92 Å². The number of methoxy groups -OCH3 is 1. The summed E-state index contributed by atoms with van der Waals surface area (Å²) in [6, 6.07) is 10.6. The fourth-order valence-electron chi connectivity index (χ4n) is 4.15. The Morgan fingerprint density at radius 3 is 2.45 bits per heavy atom. The molecule has 0 aliphatic carbocycles. The SMILES string of the molecule is CC[C@@H](NC(=O)C1CCN(S(=O)(=O)Cc2ccc(Cl)cc2Cl)CC1)c1ccc(OC)c(C)c1. The van der Waals surface area contributed by atoms with Crippen LogP contribution in [0.15, 0.2) is 36.4 Å². The molecule has 1 atom stereocenters. The Hall–Kier alpha value is -1.80. The van der Waals surface area contributed by atoms with E-state index in [1.807, 2.05) is 32.0 Å². The summed E-state index contributed by atoms with van der Waals surface area (Å²) in [6.45, 7) is 4.62. The van der Waals surface area contributed by atoms with Gasteiger partial charge in [0.05, 0.1) is 18.9 Å². The standard InChI is InChI=1S/C24H30Cl2N2O4S/c1-4-22(18-6-8-23(32-3)16(2)13-18)27-24(29)17-9-11-28(12-10-17)33(30,31)15-19-5-7-20(25)14-21(19)26/h5-8,13-14,17,22H,4,9-12,15H2,1-3H3,(H,27,29)/t22-/m1/s1. The summed E-state index contributed by atoms with van der Waals surface area (Å²) in [6.07, 6.45) is 1.72. The summed E-state index contributed by atoms with van der Waals surface area (Å²) >= 11 is 12.1. The van der Waals surface area contributed by atoms with Crippen molar-refractivity contribution in [2.75, 3.05) is 20.2 Å². The highest BCUT2D eigenvalue weighted by atomic mass is 35.5. The first-order valence-corrected chi connectivity index (χ1v) is 13.4. The van der Waals surface area contributed by atoms with Gasteiger partial charge in [-0.15, -0.1) is 0 Å². The fourth-order valence-corrected chi connectivity index (χ4v) is 6.30. The molecule has 0 aromatic heterocycles. The third-order valence-corrected chi connectivity index (χ3v) is 8.53. The Kier molecular flexibility index (Phi) is 8.67. The molecule has 1 saturated heterocycles. The van der Waals surface area contributed by atoms with Gasteiger partial charge in [0, 0.05) is 29.1 Å². The molecule has 1 N–H and O–H groups in total. The molecule has 3 rings (SSSR count). The minimum atomic E-state index is -3.54. The predicted molar refractivity (Wildman–Crippen MR) is 132 cm³/mol. The fraction of sp³-hybridized carbons (Fsp3) is 0.458. The molecular weight excluding hydrogens is 483 g/mol. The second-order valence-electron chi connectivity index (χ2n) is 8.36. The molecule has 6 nitrogen and oxygen atoms in total. The van der Waals surface area contributed by atoms with E-state index >= 15 is 0 Å².